The van der Waals surface area contributed by atoms with Crippen molar-refractivity contribution >= 4 is 33.6 Å². The van der Waals surface area contributed by atoms with Crippen molar-refractivity contribution in [3.63, 3.8) is 0 Å². The van der Waals surface area contributed by atoms with Gasteiger partial charge < -0.3 is 0 Å². The first kappa shape index (κ1) is 11.8. The van der Waals surface area contributed by atoms with Crippen LogP contribution in [0.15, 0.2) is 47.1 Å². The largest absolute Gasteiger partial charge is 0.260 e. The Bertz CT molecular complexity index is 719. The highest BCUT2D eigenvalue weighted by molar-refractivity contribution is 7.18. The molecule has 2 heterocycles. The molecule has 0 amide bonds. The SMILES string of the molecule is Cc1csc2c(NN=Cc3ccccc3)ncnc12. The van der Waals surface area contributed by atoms with Crippen LogP contribution in [0.5, 0.6) is 0 Å². The first-order valence-corrected chi connectivity index (χ1v) is 6.75. The molecule has 0 fully saturated rings. The van der Waals surface area contributed by atoms with Crippen molar-refractivity contribution in [2.75, 3.05) is 5.43 Å². The van der Waals surface area contributed by atoms with E-state index in [1.54, 1.807) is 23.9 Å². The fraction of sp³-hybridized carbons (Fsp3) is 0.0714. The van der Waals surface area contributed by atoms with Gasteiger partial charge in [-0.15, -0.1) is 11.3 Å². The van der Waals surface area contributed by atoms with Gasteiger partial charge in [0.2, 0.25) is 0 Å². The number of hydrazone groups is 1. The van der Waals surface area contributed by atoms with Crippen LogP contribution in [0.3, 0.4) is 0 Å². The molecule has 19 heavy (non-hydrogen) atoms. The van der Waals surface area contributed by atoms with Gasteiger partial charge in [0.1, 0.15) is 6.33 Å². The standard InChI is InChI=1S/C14H12N4S/c1-10-8-19-13-12(10)15-9-16-14(13)18-17-7-11-5-3-2-4-6-11/h2-9H,1H3,(H,15,16,18). The summed E-state index contributed by atoms with van der Waals surface area (Å²) in [7, 11) is 0. The van der Waals surface area contributed by atoms with Gasteiger partial charge in [-0.3, -0.25) is 5.43 Å². The minimum atomic E-state index is 0.746. The highest BCUT2D eigenvalue weighted by Gasteiger charge is 2.06. The fourth-order valence-corrected chi connectivity index (χ4v) is 2.70. The predicted octanol–water partition coefficient (Wildman–Crippen LogP) is 3.45. The molecule has 3 rings (SSSR count). The quantitative estimate of drug-likeness (QED) is 0.584. The molecule has 1 N–H and O–H groups in total. The summed E-state index contributed by atoms with van der Waals surface area (Å²) >= 11 is 1.63. The van der Waals surface area contributed by atoms with Crippen molar-refractivity contribution in [2.24, 2.45) is 5.10 Å². The Labute approximate surface area is 114 Å². The van der Waals surface area contributed by atoms with Crippen LogP contribution in [0.4, 0.5) is 5.82 Å². The number of nitrogens with one attached hydrogen (secondary N) is 1. The Morgan fingerprint density at radius 3 is 2.89 bits per heavy atom. The highest BCUT2D eigenvalue weighted by atomic mass is 32.1. The van der Waals surface area contributed by atoms with Gasteiger partial charge >= 0.3 is 0 Å². The summed E-state index contributed by atoms with van der Waals surface area (Å²) in [6, 6.07) is 9.93. The number of thiophene rings is 1. The summed E-state index contributed by atoms with van der Waals surface area (Å²) in [6.45, 7) is 2.04. The third-order valence-corrected chi connectivity index (χ3v) is 3.81. The van der Waals surface area contributed by atoms with Crippen LogP contribution in [0, 0.1) is 6.92 Å². The zero-order valence-corrected chi connectivity index (χ0v) is 11.2. The second kappa shape index (κ2) is 5.16. The number of aromatic nitrogens is 2. The van der Waals surface area contributed by atoms with Gasteiger partial charge in [-0.25, -0.2) is 9.97 Å². The number of nitrogens with zero attached hydrogens (tertiary/aromatic N) is 3. The van der Waals surface area contributed by atoms with Crippen molar-refractivity contribution in [1.29, 1.82) is 0 Å². The first-order chi connectivity index (χ1) is 9.34. The van der Waals surface area contributed by atoms with E-state index in [0.29, 0.717) is 0 Å². The van der Waals surface area contributed by atoms with Gasteiger partial charge in [0, 0.05) is 0 Å². The number of fused-ring (bicyclic) bond motifs is 1. The van der Waals surface area contributed by atoms with Crippen LogP contribution in [-0.4, -0.2) is 16.2 Å². The zero-order chi connectivity index (χ0) is 13.1. The molecule has 0 radical (unpaired) electrons. The number of anilines is 1. The second-order valence-electron chi connectivity index (χ2n) is 4.10. The topological polar surface area (TPSA) is 50.2 Å². The summed E-state index contributed by atoms with van der Waals surface area (Å²) in [6.07, 6.45) is 3.33. The van der Waals surface area contributed by atoms with Crippen LogP contribution < -0.4 is 5.43 Å². The molecule has 2 aromatic heterocycles. The molecule has 0 atom stereocenters. The monoisotopic (exact) mass is 268 g/mol. The van der Waals surface area contributed by atoms with E-state index in [2.05, 4.69) is 25.9 Å². The molecule has 5 heteroatoms. The van der Waals surface area contributed by atoms with E-state index in [0.717, 1.165) is 27.2 Å². The minimum absolute atomic E-state index is 0.746. The molecule has 0 aliphatic rings. The van der Waals surface area contributed by atoms with Crippen molar-refractivity contribution in [3.05, 3.63) is 53.2 Å². The Balaban J connectivity index is 1.84. The van der Waals surface area contributed by atoms with Gasteiger partial charge in [0.15, 0.2) is 5.82 Å². The number of hydrogen-bond acceptors (Lipinski definition) is 5. The summed E-state index contributed by atoms with van der Waals surface area (Å²) in [5.41, 5.74) is 6.17. The van der Waals surface area contributed by atoms with E-state index in [-0.39, 0.29) is 0 Å². The molecule has 0 saturated heterocycles. The Kier molecular flexibility index (Phi) is 3.20. The van der Waals surface area contributed by atoms with Gasteiger partial charge in [-0.1, -0.05) is 30.3 Å². The molecule has 3 aromatic rings. The third-order valence-electron chi connectivity index (χ3n) is 2.71. The van der Waals surface area contributed by atoms with Gasteiger partial charge in [-0.05, 0) is 23.4 Å². The average molecular weight is 268 g/mol. The summed E-state index contributed by atoms with van der Waals surface area (Å²) < 4.78 is 1.03. The molecular formula is C14H12N4S. The van der Waals surface area contributed by atoms with Crippen molar-refractivity contribution in [1.82, 2.24) is 9.97 Å². The number of benzene rings is 1. The van der Waals surface area contributed by atoms with Crippen LogP contribution in [-0.2, 0) is 0 Å². The molecule has 94 valence electrons. The third kappa shape index (κ3) is 2.46. The fourth-order valence-electron chi connectivity index (χ4n) is 1.76. The van der Waals surface area contributed by atoms with E-state index >= 15 is 0 Å². The average Bonchev–Trinajstić information content (AvgIpc) is 2.83. The van der Waals surface area contributed by atoms with Crippen molar-refractivity contribution in [3.8, 4) is 0 Å². The lowest BCUT2D eigenvalue weighted by Gasteiger charge is -2.00. The van der Waals surface area contributed by atoms with E-state index < -0.39 is 0 Å². The van der Waals surface area contributed by atoms with Gasteiger partial charge in [0.05, 0.1) is 16.4 Å². The maximum Gasteiger partial charge on any atom is 0.167 e. The van der Waals surface area contributed by atoms with E-state index in [1.165, 1.54) is 0 Å². The molecule has 0 aliphatic heterocycles. The molecule has 0 aliphatic carbocycles. The summed E-state index contributed by atoms with van der Waals surface area (Å²) in [4.78, 5) is 8.50. The highest BCUT2D eigenvalue weighted by Crippen LogP contribution is 2.28. The normalized spacial score (nSPS) is 11.2. The first-order valence-electron chi connectivity index (χ1n) is 5.87. The maximum atomic E-state index is 4.28. The van der Waals surface area contributed by atoms with E-state index in [4.69, 9.17) is 0 Å². The van der Waals surface area contributed by atoms with Gasteiger partial charge in [0.25, 0.3) is 0 Å². The molecule has 1 aromatic carbocycles. The lowest BCUT2D eigenvalue weighted by molar-refractivity contribution is 1.18. The maximum absolute atomic E-state index is 4.28. The lowest BCUT2D eigenvalue weighted by Crippen LogP contribution is -1.94. The summed E-state index contributed by atoms with van der Waals surface area (Å²) in [5, 5.41) is 6.29. The Morgan fingerprint density at radius 1 is 1.21 bits per heavy atom. The van der Waals surface area contributed by atoms with Crippen LogP contribution in [0.1, 0.15) is 11.1 Å². The predicted molar refractivity (Wildman–Crippen MR) is 79.8 cm³/mol. The molecule has 0 bridgehead atoms. The molecular weight excluding hydrogens is 256 g/mol. The zero-order valence-electron chi connectivity index (χ0n) is 10.4. The number of rotatable bonds is 3. The second-order valence-corrected chi connectivity index (χ2v) is 4.98. The van der Waals surface area contributed by atoms with E-state index in [1.807, 2.05) is 37.3 Å². The van der Waals surface area contributed by atoms with Crippen LogP contribution >= 0.6 is 11.3 Å². The molecule has 0 saturated carbocycles. The van der Waals surface area contributed by atoms with E-state index in [9.17, 15) is 0 Å². The van der Waals surface area contributed by atoms with Crippen molar-refractivity contribution < 1.29 is 0 Å². The smallest absolute Gasteiger partial charge is 0.167 e. The molecule has 4 nitrogen and oxygen atoms in total. The van der Waals surface area contributed by atoms with Crippen LogP contribution in [0.25, 0.3) is 10.2 Å². The minimum Gasteiger partial charge on any atom is -0.260 e. The molecule has 0 unspecified atom stereocenters. The summed E-state index contributed by atoms with van der Waals surface area (Å²) in [5.74, 6) is 0.746. The Hall–Kier alpha value is -2.27. The Morgan fingerprint density at radius 2 is 2.05 bits per heavy atom. The van der Waals surface area contributed by atoms with Crippen LogP contribution in [0.2, 0.25) is 0 Å². The van der Waals surface area contributed by atoms with Crippen molar-refractivity contribution in [2.45, 2.75) is 6.92 Å². The lowest BCUT2D eigenvalue weighted by atomic mass is 10.2. The number of aryl methyl sites for hydroxylation is 1. The number of hydrogen-bond donors (Lipinski definition) is 1. The van der Waals surface area contributed by atoms with Gasteiger partial charge in [-0.2, -0.15) is 5.10 Å². The molecule has 0 spiro atoms.